The lowest BCUT2D eigenvalue weighted by Crippen LogP contribution is -2.22. The van der Waals surface area contributed by atoms with Crippen molar-refractivity contribution >= 4 is 11.8 Å². The maximum atomic E-state index is 5.36. The van der Waals surface area contributed by atoms with Crippen molar-refractivity contribution in [3.63, 3.8) is 0 Å². The lowest BCUT2D eigenvalue weighted by Gasteiger charge is -2.14. The van der Waals surface area contributed by atoms with Crippen LogP contribution in [0.3, 0.4) is 0 Å². The minimum absolute atomic E-state index is 0.0556. The Morgan fingerprint density at radius 3 is 2.20 bits per heavy atom. The zero-order valence-corrected chi connectivity index (χ0v) is 7.32. The van der Waals surface area contributed by atoms with Crippen LogP contribution in [-0.2, 0) is 9.47 Å². The second-order valence-corrected chi connectivity index (χ2v) is 3.42. The standard InChI is InChI=1S/C7H14O2S/c1-3-8-7(9-4-2)6-5-10-6/h6-7H,3-5H2,1-2H3. The van der Waals surface area contributed by atoms with Gasteiger partial charge in [0.1, 0.15) is 0 Å². The second kappa shape index (κ2) is 4.21. The predicted octanol–water partition coefficient (Wildman–Crippen LogP) is 1.50. The van der Waals surface area contributed by atoms with Crippen LogP contribution in [0, 0.1) is 0 Å². The Hall–Kier alpha value is 0.270. The Bertz CT molecular complexity index is 87.6. The van der Waals surface area contributed by atoms with E-state index in [-0.39, 0.29) is 6.29 Å². The molecule has 0 aromatic rings. The first kappa shape index (κ1) is 8.37. The molecule has 3 heteroatoms. The molecule has 10 heavy (non-hydrogen) atoms. The Kier molecular flexibility index (Phi) is 3.52. The molecule has 0 aromatic carbocycles. The average molecular weight is 162 g/mol. The molecule has 1 atom stereocenters. The third-order valence-electron chi connectivity index (χ3n) is 1.32. The summed E-state index contributed by atoms with van der Waals surface area (Å²) in [5, 5.41) is 0.611. The summed E-state index contributed by atoms with van der Waals surface area (Å²) in [6.45, 7) is 5.50. The predicted molar refractivity (Wildman–Crippen MR) is 43.3 cm³/mol. The maximum absolute atomic E-state index is 5.36. The van der Waals surface area contributed by atoms with Gasteiger partial charge in [-0.05, 0) is 13.8 Å². The van der Waals surface area contributed by atoms with Gasteiger partial charge in [-0.3, -0.25) is 0 Å². The van der Waals surface area contributed by atoms with Crippen LogP contribution in [0.1, 0.15) is 13.8 Å². The van der Waals surface area contributed by atoms with E-state index in [1.165, 1.54) is 5.75 Å². The lowest BCUT2D eigenvalue weighted by atomic mass is 10.5. The molecule has 2 nitrogen and oxygen atoms in total. The van der Waals surface area contributed by atoms with Crippen LogP contribution in [-0.4, -0.2) is 30.5 Å². The molecule has 1 rings (SSSR count). The van der Waals surface area contributed by atoms with Gasteiger partial charge < -0.3 is 9.47 Å². The fourth-order valence-electron chi connectivity index (χ4n) is 0.804. The summed E-state index contributed by atoms with van der Waals surface area (Å²) < 4.78 is 10.7. The molecule has 0 amide bonds. The van der Waals surface area contributed by atoms with Crippen LogP contribution in [0.5, 0.6) is 0 Å². The van der Waals surface area contributed by atoms with Crippen LogP contribution < -0.4 is 0 Å². The minimum atomic E-state index is 0.0556. The molecule has 1 saturated heterocycles. The van der Waals surface area contributed by atoms with E-state index in [1.54, 1.807) is 0 Å². The van der Waals surface area contributed by atoms with Crippen molar-refractivity contribution in [1.29, 1.82) is 0 Å². The molecule has 0 spiro atoms. The monoisotopic (exact) mass is 162 g/mol. The molecule has 0 saturated carbocycles. The molecule has 0 aliphatic carbocycles. The highest BCUT2D eigenvalue weighted by molar-refractivity contribution is 8.06. The van der Waals surface area contributed by atoms with Gasteiger partial charge in [0.2, 0.25) is 0 Å². The summed E-state index contributed by atoms with van der Waals surface area (Å²) in [5.74, 6) is 1.20. The van der Waals surface area contributed by atoms with Gasteiger partial charge in [-0.25, -0.2) is 0 Å². The van der Waals surface area contributed by atoms with Crippen molar-refractivity contribution in [3.8, 4) is 0 Å². The third-order valence-corrected chi connectivity index (χ3v) is 2.26. The second-order valence-electron chi connectivity index (χ2n) is 2.15. The van der Waals surface area contributed by atoms with Crippen LogP contribution in [0.2, 0.25) is 0 Å². The van der Waals surface area contributed by atoms with Crippen molar-refractivity contribution in [2.45, 2.75) is 25.4 Å². The largest absolute Gasteiger partial charge is 0.352 e. The first-order chi connectivity index (χ1) is 4.88. The highest BCUT2D eigenvalue weighted by Gasteiger charge is 2.33. The summed E-state index contributed by atoms with van der Waals surface area (Å²) in [6, 6.07) is 0. The molecular weight excluding hydrogens is 148 g/mol. The molecule has 0 bridgehead atoms. The Balaban J connectivity index is 2.13. The summed E-state index contributed by atoms with van der Waals surface area (Å²) in [7, 11) is 0. The summed E-state index contributed by atoms with van der Waals surface area (Å²) in [4.78, 5) is 0. The fraction of sp³-hybridized carbons (Fsp3) is 1.00. The van der Waals surface area contributed by atoms with E-state index in [0.29, 0.717) is 5.25 Å². The first-order valence-corrected chi connectivity index (χ1v) is 4.78. The van der Waals surface area contributed by atoms with Gasteiger partial charge in [0.15, 0.2) is 6.29 Å². The van der Waals surface area contributed by atoms with E-state index >= 15 is 0 Å². The molecular formula is C7H14O2S. The topological polar surface area (TPSA) is 18.5 Å². The van der Waals surface area contributed by atoms with Crippen molar-refractivity contribution in [3.05, 3.63) is 0 Å². The first-order valence-electron chi connectivity index (χ1n) is 3.73. The maximum Gasteiger partial charge on any atom is 0.170 e. The van der Waals surface area contributed by atoms with Gasteiger partial charge in [0.05, 0.1) is 5.25 Å². The number of hydrogen-bond acceptors (Lipinski definition) is 3. The van der Waals surface area contributed by atoms with E-state index < -0.39 is 0 Å². The fourth-order valence-corrected chi connectivity index (χ4v) is 1.39. The van der Waals surface area contributed by atoms with E-state index in [4.69, 9.17) is 9.47 Å². The quantitative estimate of drug-likeness (QED) is 0.451. The van der Waals surface area contributed by atoms with Crippen LogP contribution in [0.25, 0.3) is 0 Å². The highest BCUT2D eigenvalue weighted by Crippen LogP contribution is 2.34. The molecule has 0 aromatic heterocycles. The van der Waals surface area contributed by atoms with Gasteiger partial charge in [-0.1, -0.05) is 0 Å². The SMILES string of the molecule is CCOC(OCC)C1CS1. The Morgan fingerprint density at radius 2 is 1.90 bits per heavy atom. The normalized spacial score (nSPS) is 23.7. The lowest BCUT2D eigenvalue weighted by molar-refractivity contribution is -0.129. The van der Waals surface area contributed by atoms with E-state index in [2.05, 4.69) is 0 Å². The van der Waals surface area contributed by atoms with Crippen molar-refractivity contribution in [2.75, 3.05) is 19.0 Å². The molecule has 60 valence electrons. The van der Waals surface area contributed by atoms with Crippen molar-refractivity contribution in [1.82, 2.24) is 0 Å². The number of thioether (sulfide) groups is 1. The molecule has 1 aliphatic rings. The smallest absolute Gasteiger partial charge is 0.170 e. The molecule has 0 N–H and O–H groups in total. The van der Waals surface area contributed by atoms with E-state index in [1.807, 2.05) is 25.6 Å². The number of hydrogen-bond donors (Lipinski definition) is 0. The number of rotatable bonds is 5. The highest BCUT2D eigenvalue weighted by atomic mass is 32.2. The summed E-state index contributed by atoms with van der Waals surface area (Å²) in [6.07, 6.45) is 0.0556. The van der Waals surface area contributed by atoms with Crippen LogP contribution >= 0.6 is 11.8 Å². The van der Waals surface area contributed by atoms with E-state index in [9.17, 15) is 0 Å². The zero-order valence-electron chi connectivity index (χ0n) is 6.50. The Labute approximate surface area is 66.3 Å². The minimum Gasteiger partial charge on any atom is -0.352 e. The zero-order chi connectivity index (χ0) is 7.40. The van der Waals surface area contributed by atoms with Gasteiger partial charge in [0.25, 0.3) is 0 Å². The Morgan fingerprint density at radius 1 is 1.40 bits per heavy atom. The molecule has 0 radical (unpaired) electrons. The average Bonchev–Trinajstić information content (AvgIpc) is 2.69. The molecule has 1 aliphatic heterocycles. The summed E-state index contributed by atoms with van der Waals surface area (Å²) >= 11 is 1.91. The van der Waals surface area contributed by atoms with E-state index in [0.717, 1.165) is 13.2 Å². The van der Waals surface area contributed by atoms with Gasteiger partial charge >= 0.3 is 0 Å². The molecule has 1 fully saturated rings. The number of ether oxygens (including phenoxy) is 2. The van der Waals surface area contributed by atoms with Gasteiger partial charge in [-0.15, -0.1) is 0 Å². The van der Waals surface area contributed by atoms with Crippen LogP contribution in [0.4, 0.5) is 0 Å². The molecule has 1 heterocycles. The third kappa shape index (κ3) is 2.48. The summed E-state index contributed by atoms with van der Waals surface area (Å²) in [5.41, 5.74) is 0. The molecule has 1 unspecified atom stereocenters. The van der Waals surface area contributed by atoms with Crippen LogP contribution in [0.15, 0.2) is 0 Å². The van der Waals surface area contributed by atoms with Gasteiger partial charge in [0, 0.05) is 19.0 Å². The van der Waals surface area contributed by atoms with Gasteiger partial charge in [-0.2, -0.15) is 11.8 Å². The van der Waals surface area contributed by atoms with Crippen molar-refractivity contribution < 1.29 is 9.47 Å². The van der Waals surface area contributed by atoms with Crippen molar-refractivity contribution in [2.24, 2.45) is 0 Å².